The van der Waals surface area contributed by atoms with Gasteiger partial charge in [-0.1, -0.05) is 54.6 Å². The predicted molar refractivity (Wildman–Crippen MR) is 128 cm³/mol. The van der Waals surface area contributed by atoms with Crippen molar-refractivity contribution in [2.45, 2.75) is 65.5 Å². The molecule has 0 fully saturated rings. The van der Waals surface area contributed by atoms with Crippen LogP contribution in [0.25, 0.3) is 11.9 Å². The molecule has 4 rings (SSSR count). The standard InChI is InChI=1S/C22H30N10Si/c1-21(2,3)17-25-13-31(29-17)19-23-11-9-15(27-19)33(7,8)16-10-12-24-20(28-16)32-14-26-18(30-32)22(4,5)6/h9-14H,1-8H3. The van der Waals surface area contributed by atoms with E-state index in [0.29, 0.717) is 11.9 Å². The Hall–Kier alpha value is -3.34. The molecular weight excluding hydrogens is 432 g/mol. The van der Waals surface area contributed by atoms with Gasteiger partial charge in [-0.15, -0.1) is 10.2 Å². The summed E-state index contributed by atoms with van der Waals surface area (Å²) in [6.45, 7) is 16.9. The largest absolute Gasteiger partial charge is 0.251 e. The molecule has 0 N–H and O–H groups in total. The summed E-state index contributed by atoms with van der Waals surface area (Å²) in [7, 11) is -2.27. The van der Waals surface area contributed by atoms with Crippen LogP contribution in [0, 0.1) is 0 Å². The first-order valence-corrected chi connectivity index (χ1v) is 13.9. The second-order valence-electron chi connectivity index (χ2n) is 10.6. The zero-order valence-corrected chi connectivity index (χ0v) is 21.4. The summed E-state index contributed by atoms with van der Waals surface area (Å²) in [4.78, 5) is 27.4. The first-order valence-electron chi connectivity index (χ1n) is 10.9. The molecule has 33 heavy (non-hydrogen) atoms. The van der Waals surface area contributed by atoms with Gasteiger partial charge < -0.3 is 0 Å². The van der Waals surface area contributed by atoms with Crippen molar-refractivity contribution in [3.05, 3.63) is 48.8 Å². The fourth-order valence-corrected chi connectivity index (χ4v) is 5.15. The first-order chi connectivity index (χ1) is 15.4. The summed E-state index contributed by atoms with van der Waals surface area (Å²) in [6, 6.07) is 3.90. The van der Waals surface area contributed by atoms with Crippen molar-refractivity contribution in [1.29, 1.82) is 0 Å². The zero-order chi connectivity index (χ0) is 24.0. The van der Waals surface area contributed by atoms with E-state index in [2.05, 4.69) is 84.8 Å². The summed E-state index contributed by atoms with van der Waals surface area (Å²) < 4.78 is 3.26. The normalized spacial score (nSPS) is 12.8. The predicted octanol–water partition coefficient (Wildman–Crippen LogP) is 1.85. The van der Waals surface area contributed by atoms with Crippen molar-refractivity contribution < 1.29 is 0 Å². The van der Waals surface area contributed by atoms with E-state index in [0.717, 1.165) is 22.3 Å². The molecule has 4 aromatic heterocycles. The summed E-state index contributed by atoms with van der Waals surface area (Å²) in [5.41, 5.74) is -0.301. The quantitative estimate of drug-likeness (QED) is 0.422. The molecule has 4 aromatic rings. The lowest BCUT2D eigenvalue weighted by molar-refractivity contribution is 0.542. The zero-order valence-electron chi connectivity index (χ0n) is 20.4. The van der Waals surface area contributed by atoms with E-state index in [-0.39, 0.29) is 10.8 Å². The summed E-state index contributed by atoms with van der Waals surface area (Å²) in [5.74, 6) is 2.49. The maximum Gasteiger partial charge on any atom is 0.251 e. The minimum atomic E-state index is -2.27. The maximum atomic E-state index is 4.84. The Morgan fingerprint density at radius 1 is 0.636 bits per heavy atom. The molecule has 0 aliphatic rings. The van der Waals surface area contributed by atoms with E-state index in [1.54, 1.807) is 34.4 Å². The van der Waals surface area contributed by atoms with Gasteiger partial charge in [-0.25, -0.2) is 29.9 Å². The monoisotopic (exact) mass is 462 g/mol. The molecule has 11 heteroatoms. The van der Waals surface area contributed by atoms with Crippen molar-refractivity contribution in [1.82, 2.24) is 49.5 Å². The van der Waals surface area contributed by atoms with Gasteiger partial charge in [-0.2, -0.15) is 9.36 Å². The highest BCUT2D eigenvalue weighted by atomic mass is 28.3. The minimum Gasteiger partial charge on any atom is -0.221 e. The number of nitrogens with zero attached hydrogens (tertiary/aromatic N) is 10. The van der Waals surface area contributed by atoms with Gasteiger partial charge in [0.25, 0.3) is 11.9 Å². The van der Waals surface area contributed by atoms with Gasteiger partial charge in [-0.3, -0.25) is 0 Å². The number of hydrogen-bond acceptors (Lipinski definition) is 8. The van der Waals surface area contributed by atoms with Crippen LogP contribution in [-0.2, 0) is 10.8 Å². The third-order valence-electron chi connectivity index (χ3n) is 5.30. The van der Waals surface area contributed by atoms with Gasteiger partial charge in [0.05, 0.1) is 0 Å². The molecule has 0 atom stereocenters. The fraction of sp³-hybridized carbons (Fsp3) is 0.455. The van der Waals surface area contributed by atoms with Gasteiger partial charge in [0, 0.05) is 33.9 Å². The van der Waals surface area contributed by atoms with E-state index in [1.807, 2.05) is 12.1 Å². The number of hydrogen-bond donors (Lipinski definition) is 0. The number of aromatic nitrogens is 10. The van der Waals surface area contributed by atoms with Crippen LogP contribution in [0.3, 0.4) is 0 Å². The van der Waals surface area contributed by atoms with E-state index >= 15 is 0 Å². The summed E-state index contributed by atoms with van der Waals surface area (Å²) in [6.07, 6.45) is 6.85. The highest BCUT2D eigenvalue weighted by Gasteiger charge is 2.31. The average molecular weight is 463 g/mol. The summed E-state index contributed by atoms with van der Waals surface area (Å²) in [5, 5.41) is 11.0. The Bertz CT molecular complexity index is 1180. The molecule has 0 spiro atoms. The van der Waals surface area contributed by atoms with Crippen LogP contribution in [0.2, 0.25) is 13.1 Å². The second-order valence-corrected chi connectivity index (χ2v) is 14.9. The molecule has 0 aliphatic carbocycles. The maximum absolute atomic E-state index is 4.84. The minimum absolute atomic E-state index is 0.150. The van der Waals surface area contributed by atoms with Crippen LogP contribution in [0.15, 0.2) is 37.2 Å². The van der Waals surface area contributed by atoms with Crippen LogP contribution in [-0.4, -0.2) is 57.5 Å². The molecule has 0 saturated carbocycles. The SMILES string of the molecule is CC(C)(C)c1ncn(-c2nccc([Si](C)(C)c3ccnc(-n4cnc(C(C)(C)C)n4)n3)n2)n1. The molecule has 0 bridgehead atoms. The van der Waals surface area contributed by atoms with Gasteiger partial charge in [-0.05, 0) is 12.1 Å². The highest BCUT2D eigenvalue weighted by molar-refractivity contribution is 6.99. The van der Waals surface area contributed by atoms with Crippen LogP contribution >= 0.6 is 0 Å². The number of rotatable bonds is 4. The van der Waals surface area contributed by atoms with Crippen LogP contribution in [0.4, 0.5) is 0 Å². The summed E-state index contributed by atoms with van der Waals surface area (Å²) >= 11 is 0. The molecule has 10 nitrogen and oxygen atoms in total. The molecule has 0 unspecified atom stereocenters. The van der Waals surface area contributed by atoms with E-state index in [4.69, 9.17) is 9.97 Å². The smallest absolute Gasteiger partial charge is 0.221 e. The van der Waals surface area contributed by atoms with Crippen LogP contribution in [0.5, 0.6) is 0 Å². The first kappa shape index (κ1) is 22.8. The lowest BCUT2D eigenvalue weighted by Gasteiger charge is -2.21. The molecule has 0 saturated heterocycles. The highest BCUT2D eigenvalue weighted by Crippen LogP contribution is 2.18. The molecule has 0 aromatic carbocycles. The molecule has 4 heterocycles. The van der Waals surface area contributed by atoms with Crippen molar-refractivity contribution >= 4 is 18.7 Å². The second kappa shape index (κ2) is 7.91. The third-order valence-corrected chi connectivity index (χ3v) is 8.42. The lowest BCUT2D eigenvalue weighted by atomic mass is 9.96. The molecule has 0 radical (unpaired) electrons. The topological polar surface area (TPSA) is 113 Å². The van der Waals surface area contributed by atoms with Crippen LogP contribution < -0.4 is 10.6 Å². The Labute approximate surface area is 194 Å². The van der Waals surface area contributed by atoms with Gasteiger partial charge in [0.1, 0.15) is 12.7 Å². The van der Waals surface area contributed by atoms with E-state index < -0.39 is 8.07 Å². The average Bonchev–Trinajstić information content (AvgIpc) is 3.44. The Balaban J connectivity index is 1.68. The van der Waals surface area contributed by atoms with Crippen molar-refractivity contribution in [2.24, 2.45) is 0 Å². The molecule has 0 amide bonds. The molecule has 0 aliphatic heterocycles. The lowest BCUT2D eigenvalue weighted by Crippen LogP contribution is -2.56. The molecular formula is C22H30N10Si. The third kappa shape index (κ3) is 4.58. The van der Waals surface area contributed by atoms with Crippen molar-refractivity contribution in [2.75, 3.05) is 0 Å². The Kier molecular flexibility index (Phi) is 5.47. The fourth-order valence-electron chi connectivity index (χ4n) is 3.15. The van der Waals surface area contributed by atoms with E-state index in [9.17, 15) is 0 Å². The van der Waals surface area contributed by atoms with Crippen molar-refractivity contribution in [3.8, 4) is 11.9 Å². The Morgan fingerprint density at radius 2 is 1.03 bits per heavy atom. The van der Waals surface area contributed by atoms with Crippen molar-refractivity contribution in [3.63, 3.8) is 0 Å². The van der Waals surface area contributed by atoms with Crippen LogP contribution in [0.1, 0.15) is 53.2 Å². The van der Waals surface area contributed by atoms with Gasteiger partial charge in [0.2, 0.25) is 0 Å². The van der Waals surface area contributed by atoms with E-state index in [1.165, 1.54) is 0 Å². The van der Waals surface area contributed by atoms with Gasteiger partial charge >= 0.3 is 0 Å². The Morgan fingerprint density at radius 3 is 1.36 bits per heavy atom. The molecule has 172 valence electrons. The van der Waals surface area contributed by atoms with Gasteiger partial charge in [0.15, 0.2) is 19.7 Å².